The maximum absolute atomic E-state index is 13.2. The molecular weight excluding hydrogens is 245 g/mol. The van der Waals surface area contributed by atoms with Crippen LogP contribution in [0.3, 0.4) is 0 Å². The van der Waals surface area contributed by atoms with Crippen LogP contribution in [0.5, 0.6) is 11.6 Å². The smallest absolute Gasteiger partial charge is 0.225 e. The van der Waals surface area contributed by atoms with Gasteiger partial charge in [0.05, 0.1) is 11.4 Å². The number of nitrogens with two attached hydrogens (primary N) is 1. The van der Waals surface area contributed by atoms with Crippen LogP contribution in [0.4, 0.5) is 10.1 Å². The molecule has 2 aromatic rings. The Balaban J connectivity index is 1.97. The predicted octanol–water partition coefficient (Wildman–Crippen LogP) is 2.87. The summed E-state index contributed by atoms with van der Waals surface area (Å²) in [6, 6.07) is 4.06. The lowest BCUT2D eigenvalue weighted by molar-refractivity contribution is 0.445. The number of aromatic nitrogens is 2. The molecule has 0 radical (unpaired) electrons. The highest BCUT2D eigenvalue weighted by atomic mass is 19.1. The largest absolute Gasteiger partial charge is 0.436 e. The summed E-state index contributed by atoms with van der Waals surface area (Å²) in [5, 5.41) is 0. The fourth-order valence-electron chi connectivity index (χ4n) is 2.28. The zero-order chi connectivity index (χ0) is 13.2. The molecule has 0 fully saturated rings. The first-order chi connectivity index (χ1) is 9.24. The van der Waals surface area contributed by atoms with Crippen LogP contribution in [0, 0.1) is 5.82 Å². The SMILES string of the molecule is Nc1ccc(F)cc1Oc1ncnc2c1CCCC2. The Morgan fingerprint density at radius 1 is 1.16 bits per heavy atom. The third kappa shape index (κ3) is 2.36. The molecule has 1 aromatic heterocycles. The van der Waals surface area contributed by atoms with Crippen LogP contribution < -0.4 is 10.5 Å². The number of hydrogen-bond acceptors (Lipinski definition) is 4. The van der Waals surface area contributed by atoms with Crippen molar-refractivity contribution >= 4 is 5.69 Å². The van der Waals surface area contributed by atoms with Gasteiger partial charge in [-0.2, -0.15) is 0 Å². The van der Waals surface area contributed by atoms with Gasteiger partial charge in [0.1, 0.15) is 12.1 Å². The monoisotopic (exact) mass is 259 g/mol. The van der Waals surface area contributed by atoms with Crippen LogP contribution in [0.15, 0.2) is 24.5 Å². The van der Waals surface area contributed by atoms with Gasteiger partial charge in [0, 0.05) is 11.6 Å². The van der Waals surface area contributed by atoms with Crippen LogP contribution >= 0.6 is 0 Å². The molecule has 0 unspecified atom stereocenters. The van der Waals surface area contributed by atoms with Crippen molar-refractivity contribution < 1.29 is 9.13 Å². The number of benzene rings is 1. The minimum Gasteiger partial charge on any atom is -0.436 e. The van der Waals surface area contributed by atoms with Gasteiger partial charge in [-0.05, 0) is 37.8 Å². The van der Waals surface area contributed by atoms with Crippen molar-refractivity contribution in [3.8, 4) is 11.6 Å². The molecule has 0 saturated carbocycles. The average molecular weight is 259 g/mol. The Bertz CT molecular complexity index is 616. The van der Waals surface area contributed by atoms with Crippen LogP contribution in [-0.2, 0) is 12.8 Å². The van der Waals surface area contributed by atoms with Gasteiger partial charge in [0.2, 0.25) is 5.88 Å². The molecule has 4 nitrogen and oxygen atoms in total. The fourth-order valence-corrected chi connectivity index (χ4v) is 2.28. The highest BCUT2D eigenvalue weighted by Gasteiger charge is 2.17. The minimum absolute atomic E-state index is 0.298. The van der Waals surface area contributed by atoms with Crippen LogP contribution in [0.2, 0.25) is 0 Å². The second kappa shape index (κ2) is 4.84. The van der Waals surface area contributed by atoms with Crippen molar-refractivity contribution in [2.75, 3.05) is 5.73 Å². The molecule has 0 saturated heterocycles. The summed E-state index contributed by atoms with van der Waals surface area (Å²) in [6.45, 7) is 0. The summed E-state index contributed by atoms with van der Waals surface area (Å²) in [7, 11) is 0. The normalized spacial score (nSPS) is 13.9. The molecule has 1 aliphatic carbocycles. The molecule has 0 atom stereocenters. The molecule has 98 valence electrons. The van der Waals surface area contributed by atoms with Gasteiger partial charge >= 0.3 is 0 Å². The van der Waals surface area contributed by atoms with E-state index in [-0.39, 0.29) is 5.82 Å². The van der Waals surface area contributed by atoms with E-state index < -0.39 is 0 Å². The van der Waals surface area contributed by atoms with E-state index in [1.54, 1.807) is 0 Å². The van der Waals surface area contributed by atoms with Crippen molar-refractivity contribution in [1.29, 1.82) is 0 Å². The van der Waals surface area contributed by atoms with Crippen molar-refractivity contribution in [1.82, 2.24) is 9.97 Å². The lowest BCUT2D eigenvalue weighted by atomic mass is 9.97. The summed E-state index contributed by atoms with van der Waals surface area (Å²) < 4.78 is 18.9. The molecule has 5 heteroatoms. The zero-order valence-electron chi connectivity index (χ0n) is 10.4. The van der Waals surface area contributed by atoms with E-state index in [4.69, 9.17) is 10.5 Å². The van der Waals surface area contributed by atoms with Gasteiger partial charge in [0.15, 0.2) is 5.75 Å². The lowest BCUT2D eigenvalue weighted by Gasteiger charge is -2.17. The maximum Gasteiger partial charge on any atom is 0.225 e. The van der Waals surface area contributed by atoms with Crippen molar-refractivity contribution in [2.24, 2.45) is 0 Å². The van der Waals surface area contributed by atoms with Crippen molar-refractivity contribution in [3.05, 3.63) is 41.6 Å². The van der Waals surface area contributed by atoms with Crippen molar-refractivity contribution in [2.45, 2.75) is 25.7 Å². The molecule has 0 bridgehead atoms. The number of fused-ring (bicyclic) bond motifs is 1. The molecule has 1 heterocycles. The summed E-state index contributed by atoms with van der Waals surface area (Å²) >= 11 is 0. The number of nitrogen functional groups attached to an aromatic ring is 1. The van der Waals surface area contributed by atoms with E-state index in [1.807, 2.05) is 0 Å². The van der Waals surface area contributed by atoms with E-state index in [9.17, 15) is 4.39 Å². The van der Waals surface area contributed by atoms with Crippen molar-refractivity contribution in [3.63, 3.8) is 0 Å². The first-order valence-electron chi connectivity index (χ1n) is 6.29. The highest BCUT2D eigenvalue weighted by Crippen LogP contribution is 2.32. The van der Waals surface area contributed by atoms with Gasteiger partial charge in [-0.1, -0.05) is 0 Å². The first kappa shape index (κ1) is 11.9. The molecule has 0 aliphatic heterocycles. The lowest BCUT2D eigenvalue weighted by Crippen LogP contribution is -2.08. The molecule has 0 amide bonds. The Kier molecular flexibility index (Phi) is 3.03. The second-order valence-electron chi connectivity index (χ2n) is 4.60. The molecule has 19 heavy (non-hydrogen) atoms. The Hall–Kier alpha value is -2.17. The Labute approximate surface area is 110 Å². The number of ether oxygens (including phenoxy) is 1. The number of nitrogens with zero attached hydrogens (tertiary/aromatic N) is 2. The number of aryl methyl sites for hydroxylation is 1. The van der Waals surface area contributed by atoms with E-state index in [1.165, 1.54) is 24.5 Å². The Morgan fingerprint density at radius 3 is 2.89 bits per heavy atom. The fraction of sp³-hybridized carbons (Fsp3) is 0.286. The van der Waals surface area contributed by atoms with Gasteiger partial charge in [-0.25, -0.2) is 14.4 Å². The highest BCUT2D eigenvalue weighted by molar-refractivity contribution is 5.54. The quantitative estimate of drug-likeness (QED) is 0.842. The average Bonchev–Trinajstić information content (AvgIpc) is 2.43. The van der Waals surface area contributed by atoms with Crippen LogP contribution in [0.25, 0.3) is 0 Å². The number of anilines is 1. The van der Waals surface area contributed by atoms with Gasteiger partial charge < -0.3 is 10.5 Å². The molecule has 1 aromatic carbocycles. The zero-order valence-corrected chi connectivity index (χ0v) is 10.4. The predicted molar refractivity (Wildman–Crippen MR) is 69.6 cm³/mol. The molecule has 3 rings (SSSR count). The van der Waals surface area contributed by atoms with E-state index in [2.05, 4.69) is 9.97 Å². The van der Waals surface area contributed by atoms with E-state index in [0.29, 0.717) is 17.3 Å². The molecule has 0 spiro atoms. The van der Waals surface area contributed by atoms with Gasteiger partial charge in [-0.15, -0.1) is 0 Å². The van der Waals surface area contributed by atoms with Crippen LogP contribution in [0.1, 0.15) is 24.1 Å². The van der Waals surface area contributed by atoms with Crippen LogP contribution in [-0.4, -0.2) is 9.97 Å². The standard InChI is InChI=1S/C14H14FN3O/c15-9-5-6-11(16)13(7-9)19-14-10-3-1-2-4-12(10)17-8-18-14/h5-8H,1-4,16H2. The summed E-state index contributed by atoms with van der Waals surface area (Å²) in [6.07, 6.45) is 5.53. The maximum atomic E-state index is 13.2. The first-order valence-corrected chi connectivity index (χ1v) is 6.29. The summed E-state index contributed by atoms with van der Waals surface area (Å²) in [5.41, 5.74) is 8.20. The third-order valence-electron chi connectivity index (χ3n) is 3.27. The van der Waals surface area contributed by atoms with Gasteiger partial charge in [0.25, 0.3) is 0 Å². The minimum atomic E-state index is -0.382. The topological polar surface area (TPSA) is 61.0 Å². The molecular formula is C14H14FN3O. The number of hydrogen-bond donors (Lipinski definition) is 1. The molecule has 2 N–H and O–H groups in total. The second-order valence-corrected chi connectivity index (χ2v) is 4.60. The Morgan fingerprint density at radius 2 is 2.00 bits per heavy atom. The van der Waals surface area contributed by atoms with Gasteiger partial charge in [-0.3, -0.25) is 0 Å². The third-order valence-corrected chi connectivity index (χ3v) is 3.27. The van der Waals surface area contributed by atoms with E-state index >= 15 is 0 Å². The summed E-state index contributed by atoms with van der Waals surface area (Å²) in [4.78, 5) is 8.41. The number of rotatable bonds is 2. The van der Waals surface area contributed by atoms with E-state index in [0.717, 1.165) is 36.9 Å². The number of halogens is 1. The summed E-state index contributed by atoms with van der Waals surface area (Å²) in [5.74, 6) is 0.403. The molecule has 1 aliphatic rings.